The van der Waals surface area contributed by atoms with Crippen molar-refractivity contribution in [2.24, 2.45) is 5.73 Å². The second-order valence-corrected chi connectivity index (χ2v) is 4.73. The molecule has 0 radical (unpaired) electrons. The van der Waals surface area contributed by atoms with Crippen LogP contribution in [0, 0.1) is 0 Å². The quantitative estimate of drug-likeness (QED) is 0.801. The summed E-state index contributed by atoms with van der Waals surface area (Å²) >= 11 is 1.56. The van der Waals surface area contributed by atoms with Crippen molar-refractivity contribution in [2.75, 3.05) is 0 Å². The molecular weight excluding hydrogens is 210 g/mol. The molecule has 0 saturated heterocycles. The summed E-state index contributed by atoms with van der Waals surface area (Å²) in [4.78, 5) is 10.6. The average molecular weight is 225 g/mol. The van der Waals surface area contributed by atoms with Crippen molar-refractivity contribution in [1.29, 1.82) is 0 Å². The van der Waals surface area contributed by atoms with Gasteiger partial charge < -0.3 is 10.8 Å². The van der Waals surface area contributed by atoms with E-state index in [0.717, 1.165) is 5.75 Å². The highest BCUT2D eigenvalue weighted by Crippen LogP contribution is 2.19. The molecule has 3 N–H and O–H groups in total. The van der Waals surface area contributed by atoms with Crippen LogP contribution in [0.3, 0.4) is 0 Å². The molecule has 0 fully saturated rings. The summed E-state index contributed by atoms with van der Waals surface area (Å²) in [5.74, 6) is -0.147. The summed E-state index contributed by atoms with van der Waals surface area (Å²) in [6.07, 6.45) is 0. The van der Waals surface area contributed by atoms with Crippen LogP contribution in [-0.4, -0.2) is 22.4 Å². The third kappa shape index (κ3) is 3.93. The average Bonchev–Trinajstić information content (AvgIpc) is 2.26. The van der Waals surface area contributed by atoms with Gasteiger partial charge in [0.2, 0.25) is 0 Å². The molecule has 0 aliphatic carbocycles. The molecule has 0 amide bonds. The molecule has 1 aromatic rings. The smallest absolute Gasteiger partial charge is 0.321 e. The highest BCUT2D eigenvalue weighted by Gasteiger charge is 2.19. The lowest BCUT2D eigenvalue weighted by Crippen LogP contribution is -2.38. The van der Waals surface area contributed by atoms with Crippen molar-refractivity contribution in [1.82, 2.24) is 0 Å². The van der Waals surface area contributed by atoms with Crippen molar-refractivity contribution in [3.63, 3.8) is 0 Å². The monoisotopic (exact) mass is 225 g/mol. The van der Waals surface area contributed by atoms with Gasteiger partial charge in [-0.2, -0.15) is 11.8 Å². The lowest BCUT2D eigenvalue weighted by molar-refractivity contribution is -0.138. The first-order chi connectivity index (χ1) is 7.11. The van der Waals surface area contributed by atoms with Crippen LogP contribution in [0.5, 0.6) is 0 Å². The number of carbonyl (C=O) groups is 1. The first kappa shape index (κ1) is 12.1. The van der Waals surface area contributed by atoms with Gasteiger partial charge in [0.1, 0.15) is 6.04 Å². The molecule has 2 atom stereocenters. The van der Waals surface area contributed by atoms with Crippen molar-refractivity contribution >= 4 is 17.7 Å². The van der Waals surface area contributed by atoms with Crippen molar-refractivity contribution in [2.45, 2.75) is 24.0 Å². The molecule has 3 nitrogen and oxygen atoms in total. The molecule has 0 aliphatic rings. The lowest BCUT2D eigenvalue weighted by Gasteiger charge is -2.15. The summed E-state index contributed by atoms with van der Waals surface area (Å²) < 4.78 is 0. The summed E-state index contributed by atoms with van der Waals surface area (Å²) in [6, 6.07) is 9.15. The molecule has 0 spiro atoms. The van der Waals surface area contributed by atoms with E-state index >= 15 is 0 Å². The second-order valence-electron chi connectivity index (χ2n) is 3.37. The van der Waals surface area contributed by atoms with E-state index in [4.69, 9.17) is 10.8 Å². The van der Waals surface area contributed by atoms with E-state index in [1.165, 1.54) is 5.56 Å². The summed E-state index contributed by atoms with van der Waals surface area (Å²) in [6.45, 7) is 1.84. The van der Waals surface area contributed by atoms with E-state index < -0.39 is 12.0 Å². The van der Waals surface area contributed by atoms with Gasteiger partial charge in [-0.3, -0.25) is 4.79 Å². The number of carboxylic acids is 1. The Morgan fingerprint density at radius 2 is 2.07 bits per heavy atom. The Balaban J connectivity index is 2.41. The van der Waals surface area contributed by atoms with Gasteiger partial charge in [0.15, 0.2) is 0 Å². The lowest BCUT2D eigenvalue weighted by atomic mass is 10.2. The largest absolute Gasteiger partial charge is 0.480 e. The van der Waals surface area contributed by atoms with E-state index in [2.05, 4.69) is 0 Å². The van der Waals surface area contributed by atoms with Gasteiger partial charge in [0.25, 0.3) is 0 Å². The van der Waals surface area contributed by atoms with Crippen molar-refractivity contribution in [3.8, 4) is 0 Å². The van der Waals surface area contributed by atoms with Crippen LogP contribution in [0.1, 0.15) is 12.5 Å². The first-order valence-corrected chi connectivity index (χ1v) is 5.80. The van der Waals surface area contributed by atoms with Crippen LogP contribution in [0.25, 0.3) is 0 Å². The number of thioether (sulfide) groups is 1. The number of nitrogens with two attached hydrogens (primary N) is 1. The molecule has 0 heterocycles. The molecule has 1 aromatic carbocycles. The molecule has 82 valence electrons. The zero-order valence-corrected chi connectivity index (χ0v) is 9.41. The standard InChI is InChI=1S/C11H15NO2S/c1-8(10(12)11(13)14)15-7-9-5-3-2-4-6-9/h2-6,8,10H,7,12H2,1H3,(H,13,14)/t8-,10+/m0/s1. The Kier molecular flexibility index (Phi) is 4.65. The van der Waals surface area contributed by atoms with E-state index in [-0.39, 0.29) is 5.25 Å². The predicted octanol–water partition coefficient (Wildman–Crippen LogP) is 1.72. The highest BCUT2D eigenvalue weighted by molar-refractivity contribution is 7.99. The fourth-order valence-electron chi connectivity index (χ4n) is 1.11. The zero-order valence-electron chi connectivity index (χ0n) is 8.59. The van der Waals surface area contributed by atoms with Gasteiger partial charge in [-0.15, -0.1) is 0 Å². The molecule has 0 unspecified atom stereocenters. The van der Waals surface area contributed by atoms with E-state index in [9.17, 15) is 4.79 Å². The van der Waals surface area contributed by atoms with Crippen LogP contribution >= 0.6 is 11.8 Å². The normalized spacial score (nSPS) is 14.5. The Morgan fingerprint density at radius 3 is 2.60 bits per heavy atom. The van der Waals surface area contributed by atoms with Gasteiger partial charge >= 0.3 is 5.97 Å². The third-order valence-corrected chi connectivity index (χ3v) is 3.47. The summed E-state index contributed by atoms with van der Waals surface area (Å²) in [5, 5.41) is 8.63. The van der Waals surface area contributed by atoms with Gasteiger partial charge in [0, 0.05) is 11.0 Å². The minimum absolute atomic E-state index is 0.0808. The molecule has 4 heteroatoms. The van der Waals surface area contributed by atoms with Crippen LogP contribution < -0.4 is 5.73 Å². The first-order valence-electron chi connectivity index (χ1n) is 4.75. The Bertz CT molecular complexity index is 316. The van der Waals surface area contributed by atoms with Crippen LogP contribution in [0.4, 0.5) is 0 Å². The van der Waals surface area contributed by atoms with E-state index in [0.29, 0.717) is 0 Å². The SMILES string of the molecule is C[C@H](SCc1ccccc1)[C@@H](N)C(=O)O. The maximum absolute atomic E-state index is 10.6. The fraction of sp³-hybridized carbons (Fsp3) is 0.364. The van der Waals surface area contributed by atoms with Gasteiger partial charge in [-0.25, -0.2) is 0 Å². The van der Waals surface area contributed by atoms with Crippen LogP contribution in [0.15, 0.2) is 30.3 Å². The molecule has 0 saturated carbocycles. The predicted molar refractivity (Wildman–Crippen MR) is 62.8 cm³/mol. The zero-order chi connectivity index (χ0) is 11.3. The number of carboxylic acid groups (broad SMARTS) is 1. The Labute approximate surface area is 93.7 Å². The second kappa shape index (κ2) is 5.78. The number of benzene rings is 1. The minimum Gasteiger partial charge on any atom is -0.480 e. The number of rotatable bonds is 5. The van der Waals surface area contributed by atoms with Crippen molar-refractivity contribution < 1.29 is 9.90 Å². The van der Waals surface area contributed by atoms with Gasteiger partial charge in [-0.05, 0) is 5.56 Å². The van der Waals surface area contributed by atoms with Gasteiger partial charge in [0.05, 0.1) is 0 Å². The maximum Gasteiger partial charge on any atom is 0.321 e. The maximum atomic E-state index is 10.6. The summed E-state index contributed by atoms with van der Waals surface area (Å²) in [5.41, 5.74) is 6.69. The van der Waals surface area contributed by atoms with E-state index in [1.807, 2.05) is 37.3 Å². The van der Waals surface area contributed by atoms with Crippen molar-refractivity contribution in [3.05, 3.63) is 35.9 Å². The summed E-state index contributed by atoms with van der Waals surface area (Å²) in [7, 11) is 0. The molecule has 1 rings (SSSR count). The number of hydrogen-bond acceptors (Lipinski definition) is 3. The molecule has 0 bridgehead atoms. The van der Waals surface area contributed by atoms with Crippen LogP contribution in [-0.2, 0) is 10.5 Å². The Hall–Kier alpha value is -1.00. The van der Waals surface area contributed by atoms with Crippen LogP contribution in [0.2, 0.25) is 0 Å². The fourth-order valence-corrected chi connectivity index (χ4v) is 2.08. The Morgan fingerprint density at radius 1 is 1.47 bits per heavy atom. The third-order valence-electron chi connectivity index (χ3n) is 2.15. The minimum atomic E-state index is -0.942. The highest BCUT2D eigenvalue weighted by atomic mass is 32.2. The molecule has 0 aliphatic heterocycles. The molecule has 0 aromatic heterocycles. The van der Waals surface area contributed by atoms with Gasteiger partial charge in [-0.1, -0.05) is 37.3 Å². The molecule has 15 heavy (non-hydrogen) atoms. The topological polar surface area (TPSA) is 63.3 Å². The number of aliphatic carboxylic acids is 1. The molecular formula is C11H15NO2S. The van der Waals surface area contributed by atoms with E-state index in [1.54, 1.807) is 11.8 Å². The number of hydrogen-bond donors (Lipinski definition) is 2.